The molecule has 0 spiro atoms. The van der Waals surface area contributed by atoms with Crippen LogP contribution in [-0.2, 0) is 0 Å². The van der Waals surface area contributed by atoms with Crippen molar-refractivity contribution in [3.05, 3.63) is 297 Å². The van der Waals surface area contributed by atoms with E-state index in [2.05, 4.69) is 316 Å². The largest absolute Gasteiger partial charge is 0.313 e. The molecule has 1 unspecified atom stereocenters. The van der Waals surface area contributed by atoms with Crippen molar-refractivity contribution in [2.24, 2.45) is 5.92 Å². The fourth-order valence-electron chi connectivity index (χ4n) is 15.5. The molecule has 13 aromatic carbocycles. The van der Waals surface area contributed by atoms with E-state index < -0.39 is 0 Å². The zero-order valence-corrected chi connectivity index (χ0v) is 51.2. The molecule has 0 saturated carbocycles. The summed E-state index contributed by atoms with van der Waals surface area (Å²) in [6.45, 7) is 2.39. The van der Waals surface area contributed by atoms with E-state index in [1.165, 1.54) is 184 Å². The van der Waals surface area contributed by atoms with E-state index in [0.29, 0.717) is 5.92 Å². The number of allylic oxidation sites excluding steroid dienone is 4. The lowest BCUT2D eigenvalue weighted by Crippen LogP contribution is -2.09. The van der Waals surface area contributed by atoms with Crippen molar-refractivity contribution in [1.82, 2.24) is 18.3 Å². The minimum Gasteiger partial charge on any atom is -0.313 e. The Morgan fingerprint density at radius 2 is 0.703 bits per heavy atom. The van der Waals surface area contributed by atoms with Gasteiger partial charge in [-0.3, -0.25) is 0 Å². The van der Waals surface area contributed by atoms with Crippen molar-refractivity contribution in [1.29, 1.82) is 0 Å². The average molecular weight is 1200 g/mol. The molecular weight excluding hydrogens is 1140 g/mol. The molecule has 426 valence electrons. The van der Waals surface area contributed by atoms with E-state index in [4.69, 9.17) is 0 Å². The number of hydrogen-bond acceptors (Lipinski definition) is 2. The Kier molecular flexibility index (Phi) is 10.9. The first-order valence-corrected chi connectivity index (χ1v) is 33.2. The van der Waals surface area contributed by atoms with Crippen LogP contribution in [0, 0.1) is 5.92 Å². The van der Waals surface area contributed by atoms with E-state index >= 15 is 0 Å². The highest BCUT2D eigenvalue weighted by molar-refractivity contribution is 7.26. The molecule has 20 rings (SSSR count). The molecular formula is C85H54N4S2. The maximum Gasteiger partial charge on any atom is 0.0640 e. The summed E-state index contributed by atoms with van der Waals surface area (Å²) < 4.78 is 15.1. The fraction of sp³-hybridized carbons (Fsp3) is 0.0353. The summed E-state index contributed by atoms with van der Waals surface area (Å²) in [6, 6.07) is 104. The minimum atomic E-state index is 0.314. The van der Waals surface area contributed by atoms with Crippen LogP contribution in [0.3, 0.4) is 0 Å². The average Bonchev–Trinajstić information content (AvgIpc) is 1.61. The number of aromatic nitrogens is 4. The molecule has 0 radical (unpaired) electrons. The van der Waals surface area contributed by atoms with Gasteiger partial charge in [-0.15, -0.1) is 22.7 Å². The van der Waals surface area contributed by atoms with Crippen molar-refractivity contribution in [2.45, 2.75) is 13.3 Å². The highest BCUT2D eigenvalue weighted by atomic mass is 32.1. The van der Waals surface area contributed by atoms with Crippen molar-refractivity contribution in [3.63, 3.8) is 0 Å². The van der Waals surface area contributed by atoms with Crippen LogP contribution in [0.5, 0.6) is 0 Å². The SMILES string of the molecule is CC1CC=C(c2ccc3sc4c(-n5c6ccccc6c6cc(-c7ccc8c(c7)c7ccccc7n8-c7ccccc7)ccc65)cccc4c3c2)C=C1n1c2ccccc2c2cc(-c3ccc4c(c3)c3ccccc3n4-c3ccc4sc5ccccc5c4c3)ccc21. The third kappa shape index (κ3) is 7.55. The first kappa shape index (κ1) is 50.9. The summed E-state index contributed by atoms with van der Waals surface area (Å²) in [5.74, 6) is 0.314. The highest BCUT2D eigenvalue weighted by Crippen LogP contribution is 2.47. The number of rotatable bonds is 7. The lowest BCUT2D eigenvalue weighted by atomic mass is 9.90. The molecule has 0 N–H and O–H groups in total. The topological polar surface area (TPSA) is 19.7 Å². The predicted octanol–water partition coefficient (Wildman–Crippen LogP) is 24.1. The van der Waals surface area contributed by atoms with Crippen LogP contribution in [0.2, 0.25) is 0 Å². The number of hydrogen-bond donors (Lipinski definition) is 0. The maximum absolute atomic E-state index is 2.56. The van der Waals surface area contributed by atoms with Gasteiger partial charge in [-0.25, -0.2) is 0 Å². The van der Waals surface area contributed by atoms with Crippen LogP contribution in [0.15, 0.2) is 291 Å². The van der Waals surface area contributed by atoms with Gasteiger partial charge in [0.05, 0.1) is 54.5 Å². The smallest absolute Gasteiger partial charge is 0.0640 e. The Balaban J connectivity index is 0.657. The van der Waals surface area contributed by atoms with E-state index in [1.54, 1.807) is 0 Å². The molecule has 0 saturated heterocycles. The van der Waals surface area contributed by atoms with E-state index in [-0.39, 0.29) is 0 Å². The standard InChI is InChI=1S/C85H54N4S2/c1-51-30-31-57(49-81(51)89-75-27-13-8-21-63(75)69-47-55(35-41-79(69)89)53-33-39-77-67(45-53)61-19-6-11-25-73(61)87(77)59-37-43-83-71(50-59)64-22-9-14-29-82(64)90-83)56-36-42-84-70(48-56)65-23-15-28-80(85(65)91-84)88-74-26-12-7-20-62(74)68-46-54(34-40-78(68)88)52-32-38-76-66(44-52)60-18-5-10-24-72(60)86(76)58-16-3-2-4-17-58/h2-29,31-51H,30H2,1H3. The molecule has 0 aliphatic heterocycles. The first-order valence-electron chi connectivity index (χ1n) is 31.5. The van der Waals surface area contributed by atoms with Crippen molar-refractivity contribution < 1.29 is 0 Å². The fourth-order valence-corrected chi connectivity index (χ4v) is 17.8. The Morgan fingerprint density at radius 3 is 1.31 bits per heavy atom. The molecule has 0 bridgehead atoms. The third-order valence-electron chi connectivity index (χ3n) is 19.8. The van der Waals surface area contributed by atoms with Gasteiger partial charge in [-0.1, -0.05) is 165 Å². The lowest BCUT2D eigenvalue weighted by Gasteiger charge is -2.23. The second-order valence-electron chi connectivity index (χ2n) is 24.8. The monoisotopic (exact) mass is 1190 g/mol. The van der Waals surface area contributed by atoms with Gasteiger partial charge in [-0.2, -0.15) is 0 Å². The van der Waals surface area contributed by atoms with Gasteiger partial charge >= 0.3 is 0 Å². The van der Waals surface area contributed by atoms with Gasteiger partial charge in [0.1, 0.15) is 0 Å². The number of fused-ring (bicyclic) bond motifs is 18. The quantitative estimate of drug-likeness (QED) is 0.152. The van der Waals surface area contributed by atoms with Gasteiger partial charge in [0.25, 0.3) is 0 Å². The van der Waals surface area contributed by atoms with Gasteiger partial charge in [0.2, 0.25) is 0 Å². The summed E-state index contributed by atoms with van der Waals surface area (Å²) in [6.07, 6.45) is 5.89. The van der Waals surface area contributed by atoms with Crippen LogP contribution in [-0.4, -0.2) is 18.3 Å². The van der Waals surface area contributed by atoms with Crippen LogP contribution >= 0.6 is 22.7 Å². The third-order valence-corrected chi connectivity index (χ3v) is 22.2. The number of para-hydroxylation sites is 5. The molecule has 0 fully saturated rings. The highest BCUT2D eigenvalue weighted by Gasteiger charge is 2.24. The Morgan fingerprint density at radius 1 is 0.286 bits per heavy atom. The molecule has 1 aliphatic carbocycles. The van der Waals surface area contributed by atoms with Crippen LogP contribution < -0.4 is 0 Å². The zero-order chi connectivity index (χ0) is 59.6. The zero-order valence-electron chi connectivity index (χ0n) is 49.6. The number of thiophene rings is 2. The van der Waals surface area contributed by atoms with E-state index in [0.717, 1.165) is 6.42 Å². The first-order chi connectivity index (χ1) is 45.0. The van der Waals surface area contributed by atoms with Crippen LogP contribution in [0.4, 0.5) is 0 Å². The second-order valence-corrected chi connectivity index (χ2v) is 26.9. The van der Waals surface area contributed by atoms with Crippen molar-refractivity contribution in [2.75, 3.05) is 0 Å². The minimum absolute atomic E-state index is 0.314. The maximum atomic E-state index is 2.56. The molecule has 91 heavy (non-hydrogen) atoms. The molecule has 4 nitrogen and oxygen atoms in total. The van der Waals surface area contributed by atoms with Gasteiger partial charge < -0.3 is 18.3 Å². The Labute approximate surface area is 531 Å². The van der Waals surface area contributed by atoms with Crippen LogP contribution in [0.1, 0.15) is 18.9 Å². The van der Waals surface area contributed by atoms with E-state index in [9.17, 15) is 0 Å². The summed E-state index contributed by atoms with van der Waals surface area (Å²) in [5.41, 5.74) is 22.0. The van der Waals surface area contributed by atoms with Crippen LogP contribution in [0.25, 0.3) is 178 Å². The molecule has 1 atom stereocenters. The van der Waals surface area contributed by atoms with Gasteiger partial charge in [0, 0.05) is 102 Å². The Hall–Kier alpha value is -11.0. The molecule has 6 heterocycles. The molecule has 0 amide bonds. The van der Waals surface area contributed by atoms with Gasteiger partial charge in [0.15, 0.2) is 0 Å². The Bertz CT molecular complexity index is 6390. The summed E-state index contributed by atoms with van der Waals surface area (Å²) in [5, 5.41) is 15.3. The summed E-state index contributed by atoms with van der Waals surface area (Å²) >= 11 is 3.77. The van der Waals surface area contributed by atoms with E-state index in [1.807, 2.05) is 22.7 Å². The number of nitrogens with zero attached hydrogens (tertiary/aromatic N) is 4. The predicted molar refractivity (Wildman–Crippen MR) is 392 cm³/mol. The summed E-state index contributed by atoms with van der Waals surface area (Å²) in [7, 11) is 0. The van der Waals surface area contributed by atoms with Crippen molar-refractivity contribution in [3.8, 4) is 39.3 Å². The lowest BCUT2D eigenvalue weighted by molar-refractivity contribution is 0.727. The summed E-state index contributed by atoms with van der Waals surface area (Å²) in [4.78, 5) is 0. The molecule has 19 aromatic rings. The van der Waals surface area contributed by atoms with Crippen molar-refractivity contribution >= 4 is 162 Å². The molecule has 1 aliphatic rings. The van der Waals surface area contributed by atoms with Gasteiger partial charge in [-0.05, 0) is 173 Å². The molecule has 6 aromatic heterocycles. The number of benzene rings is 13. The molecule has 6 heteroatoms. The normalized spacial score (nSPS) is 14.0. The second kappa shape index (κ2) is 19.5.